The normalized spacial score (nSPS) is 14.8. The number of anilines is 1. The number of ether oxygens (including phenoxy) is 4. The Hall–Kier alpha value is -3.46. The van der Waals surface area contributed by atoms with Gasteiger partial charge < -0.3 is 24.3 Å². The molecule has 0 amide bonds. The van der Waals surface area contributed by atoms with Crippen LogP contribution in [-0.2, 0) is 6.54 Å². The van der Waals surface area contributed by atoms with Gasteiger partial charge in [-0.15, -0.1) is 35.0 Å². The molecule has 1 aromatic heterocycles. The van der Waals surface area contributed by atoms with Gasteiger partial charge in [-0.05, 0) is 73.0 Å². The van der Waals surface area contributed by atoms with Crippen LogP contribution in [0.15, 0.2) is 60.7 Å². The van der Waals surface area contributed by atoms with Gasteiger partial charge >= 0.3 is 0 Å². The lowest BCUT2D eigenvalue weighted by Crippen LogP contribution is -2.38. The van der Waals surface area contributed by atoms with Crippen LogP contribution in [-0.4, -0.2) is 55.2 Å². The highest BCUT2D eigenvalue weighted by molar-refractivity contribution is 6.00. The Morgan fingerprint density at radius 1 is 0.821 bits per heavy atom. The molecule has 206 valence electrons. The molecule has 4 aromatic rings. The minimum atomic E-state index is 0. The van der Waals surface area contributed by atoms with Crippen molar-refractivity contribution in [3.63, 3.8) is 0 Å². The van der Waals surface area contributed by atoms with Gasteiger partial charge in [0.2, 0.25) is 6.79 Å². The Kier molecular flexibility index (Phi) is 9.22. The van der Waals surface area contributed by atoms with Gasteiger partial charge in [0.25, 0.3) is 0 Å². The molecule has 0 spiro atoms. The van der Waals surface area contributed by atoms with Crippen LogP contribution in [0, 0.1) is 0 Å². The number of likely N-dealkylation sites (tertiary alicyclic amines) is 1. The molecule has 8 nitrogen and oxygen atoms in total. The molecule has 0 aliphatic carbocycles. The summed E-state index contributed by atoms with van der Waals surface area (Å²) in [5.41, 5.74) is 3.07. The molecule has 3 heterocycles. The molecule has 6 rings (SSSR count). The van der Waals surface area contributed by atoms with E-state index in [1.165, 1.54) is 5.56 Å². The zero-order valence-electron chi connectivity index (χ0n) is 21.9. The lowest BCUT2D eigenvalue weighted by molar-refractivity contribution is 0.173. The fourth-order valence-electron chi connectivity index (χ4n) is 5.06. The minimum absolute atomic E-state index is 0. The first kappa shape index (κ1) is 28.5. The summed E-state index contributed by atoms with van der Waals surface area (Å²) in [4.78, 5) is 2.48. The van der Waals surface area contributed by atoms with E-state index in [1.54, 1.807) is 14.2 Å². The van der Waals surface area contributed by atoms with E-state index in [0.29, 0.717) is 12.8 Å². The Bertz CT molecular complexity index is 1410. The molecule has 2 aliphatic rings. The smallest absolute Gasteiger partial charge is 0.231 e. The van der Waals surface area contributed by atoms with Crippen molar-refractivity contribution in [3.05, 3.63) is 66.2 Å². The van der Waals surface area contributed by atoms with Crippen LogP contribution in [0.5, 0.6) is 23.0 Å². The van der Waals surface area contributed by atoms with Crippen LogP contribution in [0.25, 0.3) is 22.0 Å². The van der Waals surface area contributed by atoms with Crippen molar-refractivity contribution in [2.75, 3.05) is 39.4 Å². The van der Waals surface area contributed by atoms with Gasteiger partial charge in [0.15, 0.2) is 17.3 Å². The molecule has 2 aliphatic heterocycles. The minimum Gasteiger partial charge on any atom is -0.497 e. The molecular weight excluding hydrogens is 539 g/mol. The van der Waals surface area contributed by atoms with Crippen molar-refractivity contribution >= 4 is 41.4 Å². The number of nitrogens with zero attached hydrogens (tertiary/aromatic N) is 3. The molecule has 0 radical (unpaired) electrons. The third-order valence-electron chi connectivity index (χ3n) is 7.12. The number of rotatable bonds is 7. The van der Waals surface area contributed by atoms with E-state index in [0.717, 1.165) is 83.3 Å². The number of piperidine rings is 1. The van der Waals surface area contributed by atoms with Gasteiger partial charge in [-0.1, -0.05) is 6.07 Å². The summed E-state index contributed by atoms with van der Waals surface area (Å²) in [5.74, 6) is 4.07. The first-order valence-electron chi connectivity index (χ1n) is 12.6. The second-order valence-electron chi connectivity index (χ2n) is 9.42. The topological polar surface area (TPSA) is 78.0 Å². The Morgan fingerprint density at radius 2 is 1.54 bits per heavy atom. The zero-order valence-corrected chi connectivity index (χ0v) is 23.5. The SMILES string of the molecule is COc1ccc(-c2nnc(NC3CCN(Cc4ccc5c(c4)OCO5)CC3)c3cc(OC)ccc23)cc1.Cl.Cl. The summed E-state index contributed by atoms with van der Waals surface area (Å²) >= 11 is 0. The number of fused-ring (bicyclic) bond motifs is 2. The predicted molar refractivity (Wildman–Crippen MR) is 157 cm³/mol. The van der Waals surface area contributed by atoms with E-state index in [4.69, 9.17) is 18.9 Å². The van der Waals surface area contributed by atoms with Gasteiger partial charge in [0, 0.05) is 42.0 Å². The van der Waals surface area contributed by atoms with Gasteiger partial charge in [0.05, 0.1) is 14.2 Å². The summed E-state index contributed by atoms with van der Waals surface area (Å²) in [5, 5.41) is 15.0. The van der Waals surface area contributed by atoms with E-state index in [9.17, 15) is 0 Å². The Morgan fingerprint density at radius 3 is 2.28 bits per heavy atom. The molecule has 3 aromatic carbocycles. The fraction of sp³-hybridized carbons (Fsp3) is 0.310. The summed E-state index contributed by atoms with van der Waals surface area (Å²) in [6.07, 6.45) is 2.05. The number of hydrogen-bond donors (Lipinski definition) is 1. The quantitative estimate of drug-likeness (QED) is 0.291. The van der Waals surface area contributed by atoms with E-state index < -0.39 is 0 Å². The molecule has 10 heteroatoms. The first-order valence-corrected chi connectivity index (χ1v) is 12.6. The summed E-state index contributed by atoms with van der Waals surface area (Å²) in [7, 11) is 3.35. The van der Waals surface area contributed by atoms with Gasteiger partial charge in [-0.25, -0.2) is 0 Å². The fourth-order valence-corrected chi connectivity index (χ4v) is 5.06. The average molecular weight is 572 g/mol. The number of halogens is 2. The summed E-state index contributed by atoms with van der Waals surface area (Å²) in [6.45, 7) is 3.22. The highest BCUT2D eigenvalue weighted by Gasteiger charge is 2.22. The lowest BCUT2D eigenvalue weighted by Gasteiger charge is -2.32. The number of methoxy groups -OCH3 is 2. The highest BCUT2D eigenvalue weighted by atomic mass is 35.5. The molecule has 1 N–H and O–H groups in total. The Balaban J connectivity index is 0.00000176. The van der Waals surface area contributed by atoms with Gasteiger partial charge in [-0.3, -0.25) is 4.90 Å². The van der Waals surface area contributed by atoms with Crippen LogP contribution in [0.4, 0.5) is 5.82 Å². The van der Waals surface area contributed by atoms with Crippen molar-refractivity contribution in [2.24, 2.45) is 0 Å². The lowest BCUT2D eigenvalue weighted by atomic mass is 10.0. The third-order valence-corrected chi connectivity index (χ3v) is 7.12. The first-order chi connectivity index (χ1) is 18.2. The van der Waals surface area contributed by atoms with Gasteiger partial charge in [-0.2, -0.15) is 0 Å². The maximum Gasteiger partial charge on any atom is 0.231 e. The predicted octanol–water partition coefficient (Wildman–Crippen LogP) is 5.96. The monoisotopic (exact) mass is 570 g/mol. The van der Waals surface area contributed by atoms with Crippen molar-refractivity contribution in [1.29, 1.82) is 0 Å². The van der Waals surface area contributed by atoms with E-state index in [2.05, 4.69) is 38.6 Å². The van der Waals surface area contributed by atoms with E-state index >= 15 is 0 Å². The van der Waals surface area contributed by atoms with Crippen molar-refractivity contribution in [3.8, 4) is 34.3 Å². The Labute approximate surface area is 240 Å². The standard InChI is InChI=1S/C29H30N4O4.2ClH/c1-34-22-6-4-20(5-7-22)28-24-9-8-23(35-2)16-25(24)29(32-31-28)30-21-11-13-33(14-12-21)17-19-3-10-26-27(15-19)37-18-36-26;;/h3-10,15-16,21H,11-14,17-18H2,1-2H3,(H,30,32);2*1H. The molecule has 1 fully saturated rings. The molecule has 0 atom stereocenters. The van der Waals surface area contributed by atoms with Crippen LogP contribution in [0.3, 0.4) is 0 Å². The second-order valence-corrected chi connectivity index (χ2v) is 9.42. The maximum absolute atomic E-state index is 5.53. The summed E-state index contributed by atoms with van der Waals surface area (Å²) in [6, 6.07) is 20.5. The van der Waals surface area contributed by atoms with Crippen LogP contribution < -0.4 is 24.3 Å². The number of aromatic nitrogens is 2. The largest absolute Gasteiger partial charge is 0.497 e. The second kappa shape index (κ2) is 12.6. The van der Waals surface area contributed by atoms with Crippen LogP contribution in [0.1, 0.15) is 18.4 Å². The molecule has 1 saturated heterocycles. The van der Waals surface area contributed by atoms with Crippen molar-refractivity contribution in [2.45, 2.75) is 25.4 Å². The number of nitrogens with one attached hydrogen (secondary N) is 1. The molecule has 39 heavy (non-hydrogen) atoms. The molecule has 0 unspecified atom stereocenters. The summed E-state index contributed by atoms with van der Waals surface area (Å²) < 4.78 is 21.8. The third kappa shape index (κ3) is 6.08. The van der Waals surface area contributed by atoms with Crippen LogP contribution in [0.2, 0.25) is 0 Å². The van der Waals surface area contributed by atoms with Crippen molar-refractivity contribution < 1.29 is 18.9 Å². The zero-order chi connectivity index (χ0) is 25.2. The van der Waals surface area contributed by atoms with E-state index in [-0.39, 0.29) is 24.8 Å². The maximum atomic E-state index is 5.53. The number of hydrogen-bond acceptors (Lipinski definition) is 8. The molecular formula is C29H32Cl2N4O4. The highest BCUT2D eigenvalue weighted by Crippen LogP contribution is 2.35. The molecule has 0 saturated carbocycles. The molecule has 0 bridgehead atoms. The van der Waals surface area contributed by atoms with E-state index in [1.807, 2.05) is 42.5 Å². The van der Waals surface area contributed by atoms with Crippen LogP contribution >= 0.6 is 24.8 Å². The average Bonchev–Trinajstić information content (AvgIpc) is 3.42. The number of benzene rings is 3. The van der Waals surface area contributed by atoms with Gasteiger partial charge in [0.1, 0.15) is 17.2 Å². The van der Waals surface area contributed by atoms with Crippen molar-refractivity contribution in [1.82, 2.24) is 15.1 Å².